The smallest absolute Gasteiger partial charge is 0.227 e. The lowest BCUT2D eigenvalue weighted by Gasteiger charge is -2.32. The number of rotatable bonds is 4. The van der Waals surface area contributed by atoms with E-state index >= 15 is 0 Å². The largest absolute Gasteiger partial charge is 0.449 e. The Morgan fingerprint density at radius 1 is 1.14 bits per heavy atom. The maximum Gasteiger partial charge on any atom is 0.227 e. The lowest BCUT2D eigenvalue weighted by atomic mass is 9.96. The van der Waals surface area contributed by atoms with E-state index in [9.17, 15) is 0 Å². The first-order valence-corrected chi connectivity index (χ1v) is 10.4. The summed E-state index contributed by atoms with van der Waals surface area (Å²) in [6.45, 7) is 6.86. The molecular formula is C10H25NOSi2. The van der Waals surface area contributed by atoms with Gasteiger partial charge in [-0.15, -0.1) is 0 Å². The summed E-state index contributed by atoms with van der Waals surface area (Å²) in [5.41, 5.74) is 0. The van der Waals surface area contributed by atoms with Gasteiger partial charge in [-0.1, -0.05) is 19.3 Å². The van der Waals surface area contributed by atoms with Crippen LogP contribution in [-0.2, 0) is 4.12 Å². The second kappa shape index (κ2) is 5.44. The van der Waals surface area contributed by atoms with Crippen LogP contribution in [0.2, 0.25) is 19.6 Å². The molecule has 0 aromatic heterocycles. The summed E-state index contributed by atoms with van der Waals surface area (Å²) >= 11 is 0. The van der Waals surface area contributed by atoms with Crippen LogP contribution in [0.3, 0.4) is 0 Å². The van der Waals surface area contributed by atoms with Gasteiger partial charge in [-0.2, -0.15) is 0 Å². The van der Waals surface area contributed by atoms with Crippen LogP contribution in [0.15, 0.2) is 0 Å². The number of hydrogen-bond acceptors (Lipinski definition) is 2. The molecule has 1 rings (SSSR count). The molecule has 0 aromatic carbocycles. The van der Waals surface area contributed by atoms with Gasteiger partial charge in [0.2, 0.25) is 9.92 Å². The lowest BCUT2D eigenvalue weighted by Crippen LogP contribution is -2.41. The zero-order valence-electron chi connectivity index (χ0n) is 10.2. The molecule has 0 saturated heterocycles. The van der Waals surface area contributed by atoms with E-state index in [0.29, 0.717) is 0 Å². The van der Waals surface area contributed by atoms with Gasteiger partial charge < -0.3 is 8.68 Å². The highest BCUT2D eigenvalue weighted by Gasteiger charge is 2.21. The van der Waals surface area contributed by atoms with Crippen molar-refractivity contribution in [3.63, 3.8) is 0 Å². The molecule has 0 atom stereocenters. The molecule has 0 unspecified atom stereocenters. The first kappa shape index (κ1) is 12.4. The summed E-state index contributed by atoms with van der Waals surface area (Å²) in [7, 11) is 0.584. The van der Waals surface area contributed by atoms with E-state index in [0.717, 1.165) is 6.04 Å². The van der Waals surface area contributed by atoms with Gasteiger partial charge in [-0.3, -0.25) is 0 Å². The minimum atomic E-state index is -1.26. The van der Waals surface area contributed by atoms with Gasteiger partial charge in [0.25, 0.3) is 0 Å². The molecular weight excluding hydrogens is 206 g/mol. The normalized spacial score (nSPS) is 21.2. The predicted molar refractivity (Wildman–Crippen MR) is 67.6 cm³/mol. The van der Waals surface area contributed by atoms with E-state index in [1.807, 2.05) is 0 Å². The van der Waals surface area contributed by atoms with Crippen molar-refractivity contribution in [2.75, 3.05) is 7.05 Å². The highest BCUT2D eigenvalue weighted by Crippen LogP contribution is 2.21. The average Bonchev–Trinajstić information content (AvgIpc) is 2.14. The van der Waals surface area contributed by atoms with Gasteiger partial charge in [-0.05, 0) is 39.5 Å². The van der Waals surface area contributed by atoms with E-state index in [-0.39, 0.29) is 0 Å². The molecule has 1 aliphatic rings. The molecule has 0 N–H and O–H groups in total. The molecule has 4 heteroatoms. The molecule has 0 amide bonds. The Bertz CT molecular complexity index is 164. The molecule has 0 radical (unpaired) electrons. The Morgan fingerprint density at radius 2 is 1.71 bits per heavy atom. The van der Waals surface area contributed by atoms with Crippen molar-refractivity contribution in [2.45, 2.75) is 57.8 Å². The zero-order valence-corrected chi connectivity index (χ0v) is 12.6. The minimum absolute atomic E-state index is 0.418. The second-order valence-electron chi connectivity index (χ2n) is 5.43. The summed E-state index contributed by atoms with van der Waals surface area (Å²) in [5, 5.41) is 0. The number of nitrogens with zero attached hydrogens (tertiary/aromatic N) is 1. The van der Waals surface area contributed by atoms with E-state index < -0.39 is 18.2 Å². The molecule has 0 bridgehead atoms. The quantitative estimate of drug-likeness (QED) is 0.687. The molecule has 1 fully saturated rings. The van der Waals surface area contributed by atoms with Crippen molar-refractivity contribution in [3.05, 3.63) is 0 Å². The first-order valence-electron chi connectivity index (χ1n) is 5.83. The standard InChI is InChI=1S/C10H25NOSi2/c1-11(13-12-14(2,3)4)10-8-6-5-7-9-10/h10H,5-9,13H2,1-4H3. The molecule has 1 saturated carbocycles. The highest BCUT2D eigenvalue weighted by atomic mass is 28.4. The summed E-state index contributed by atoms with van der Waals surface area (Å²) < 4.78 is 8.59. The predicted octanol–water partition coefficient (Wildman–Crippen LogP) is 2.10. The highest BCUT2D eigenvalue weighted by molar-refractivity contribution is 6.73. The van der Waals surface area contributed by atoms with Crippen LogP contribution in [0.4, 0.5) is 0 Å². The SMILES string of the molecule is CN([SiH2]O[Si](C)(C)C)C1CCCCC1. The van der Waals surface area contributed by atoms with Crippen LogP contribution < -0.4 is 0 Å². The van der Waals surface area contributed by atoms with E-state index in [2.05, 4.69) is 31.3 Å². The summed E-state index contributed by atoms with van der Waals surface area (Å²) in [5.74, 6) is 0. The molecule has 0 aliphatic heterocycles. The minimum Gasteiger partial charge on any atom is -0.449 e. The van der Waals surface area contributed by atoms with Gasteiger partial charge >= 0.3 is 0 Å². The van der Waals surface area contributed by atoms with Crippen molar-refractivity contribution in [1.29, 1.82) is 0 Å². The van der Waals surface area contributed by atoms with E-state index in [4.69, 9.17) is 4.12 Å². The van der Waals surface area contributed by atoms with Crippen molar-refractivity contribution in [1.82, 2.24) is 4.57 Å². The van der Waals surface area contributed by atoms with E-state index in [1.54, 1.807) is 0 Å². The van der Waals surface area contributed by atoms with E-state index in [1.165, 1.54) is 32.1 Å². The third-order valence-corrected chi connectivity index (χ3v) is 7.80. The van der Waals surface area contributed by atoms with Crippen molar-refractivity contribution >= 4 is 18.2 Å². The molecule has 0 aromatic rings. The number of hydrogen-bond donors (Lipinski definition) is 0. The Morgan fingerprint density at radius 3 is 2.21 bits per heavy atom. The average molecular weight is 231 g/mol. The Labute approximate surface area is 92.2 Å². The van der Waals surface area contributed by atoms with Crippen LogP contribution in [-0.4, -0.2) is 35.9 Å². The maximum atomic E-state index is 6.05. The first-order chi connectivity index (χ1) is 6.49. The van der Waals surface area contributed by atoms with Crippen LogP contribution in [0.1, 0.15) is 32.1 Å². The van der Waals surface area contributed by atoms with Crippen molar-refractivity contribution in [3.8, 4) is 0 Å². The lowest BCUT2D eigenvalue weighted by molar-refractivity contribution is 0.272. The molecule has 84 valence electrons. The molecule has 14 heavy (non-hydrogen) atoms. The molecule has 0 spiro atoms. The Balaban J connectivity index is 2.23. The van der Waals surface area contributed by atoms with Gasteiger partial charge in [-0.25, -0.2) is 0 Å². The van der Waals surface area contributed by atoms with Gasteiger partial charge in [0.15, 0.2) is 8.32 Å². The third-order valence-electron chi connectivity index (χ3n) is 2.90. The summed E-state index contributed by atoms with van der Waals surface area (Å²) in [6, 6.07) is 0.840. The fourth-order valence-electron chi connectivity index (χ4n) is 1.92. The van der Waals surface area contributed by atoms with Crippen molar-refractivity contribution < 1.29 is 4.12 Å². The van der Waals surface area contributed by atoms with Crippen molar-refractivity contribution in [2.24, 2.45) is 0 Å². The van der Waals surface area contributed by atoms with Gasteiger partial charge in [0.1, 0.15) is 0 Å². The molecule has 0 heterocycles. The van der Waals surface area contributed by atoms with Gasteiger partial charge in [0.05, 0.1) is 0 Å². The van der Waals surface area contributed by atoms with Crippen LogP contribution >= 0.6 is 0 Å². The Kier molecular flexibility index (Phi) is 4.83. The van der Waals surface area contributed by atoms with Crippen LogP contribution in [0, 0.1) is 0 Å². The molecule has 2 nitrogen and oxygen atoms in total. The maximum absolute atomic E-state index is 6.05. The second-order valence-corrected chi connectivity index (χ2v) is 12.1. The Hall–Kier alpha value is 0.354. The molecule has 1 aliphatic carbocycles. The van der Waals surface area contributed by atoms with Crippen LogP contribution in [0.25, 0.3) is 0 Å². The van der Waals surface area contributed by atoms with Crippen LogP contribution in [0.5, 0.6) is 0 Å². The summed E-state index contributed by atoms with van der Waals surface area (Å²) in [4.78, 5) is 0. The van der Waals surface area contributed by atoms with Gasteiger partial charge in [0, 0.05) is 6.04 Å². The summed E-state index contributed by atoms with van der Waals surface area (Å²) in [6.07, 6.45) is 7.10. The zero-order chi connectivity index (χ0) is 10.6. The topological polar surface area (TPSA) is 12.5 Å². The monoisotopic (exact) mass is 231 g/mol. The third kappa shape index (κ3) is 4.73. The fraction of sp³-hybridized carbons (Fsp3) is 1.00. The fourth-order valence-corrected chi connectivity index (χ4v) is 4.86.